The molecule has 0 saturated carbocycles. The summed E-state index contributed by atoms with van der Waals surface area (Å²) in [7, 11) is 0. The molecule has 1 heteroatoms. The lowest BCUT2D eigenvalue weighted by molar-refractivity contribution is 0.147. The van der Waals surface area contributed by atoms with Gasteiger partial charge in [0.15, 0.2) is 0 Å². The molecule has 0 amide bonds. The minimum Gasteiger partial charge on any atom is -0.393 e. The third-order valence-electron chi connectivity index (χ3n) is 7.60. The van der Waals surface area contributed by atoms with Crippen LogP contribution in [0.25, 0.3) is 0 Å². The Kier molecular flexibility index (Phi) is 32.0. The van der Waals surface area contributed by atoms with Crippen molar-refractivity contribution in [3.8, 4) is 0 Å². The van der Waals surface area contributed by atoms with E-state index in [4.69, 9.17) is 0 Å². The van der Waals surface area contributed by atoms with Gasteiger partial charge in [0.2, 0.25) is 0 Å². The molecular weight excluding hydrogens is 436 g/mol. The van der Waals surface area contributed by atoms with E-state index in [1.54, 1.807) is 0 Å². The molecule has 36 heavy (non-hydrogen) atoms. The van der Waals surface area contributed by atoms with E-state index >= 15 is 0 Å². The molecule has 0 aromatic rings. The van der Waals surface area contributed by atoms with E-state index < -0.39 is 0 Å². The molecule has 214 valence electrons. The van der Waals surface area contributed by atoms with Crippen LogP contribution in [-0.2, 0) is 0 Å². The summed E-state index contributed by atoms with van der Waals surface area (Å²) < 4.78 is 0. The van der Waals surface area contributed by atoms with E-state index in [1.807, 2.05) is 0 Å². The van der Waals surface area contributed by atoms with E-state index in [0.717, 1.165) is 12.8 Å². The highest BCUT2D eigenvalue weighted by Gasteiger charge is 2.03. The average Bonchev–Trinajstić information content (AvgIpc) is 2.88. The number of hydrogen-bond acceptors (Lipinski definition) is 1. The molecule has 0 heterocycles. The van der Waals surface area contributed by atoms with Crippen LogP contribution in [-0.4, -0.2) is 11.2 Å². The molecule has 0 fully saturated rings. The van der Waals surface area contributed by atoms with Gasteiger partial charge in [0.25, 0.3) is 0 Å². The standard InChI is InChI=1S/C35H68O/c1-3-5-7-9-11-13-15-17-19-21-23-25-27-29-31-33-35(36)34-32-30-28-26-24-22-20-18-16-14-12-10-8-6-4-2/h17-20,35-36H,3-16,21-34H2,1-2H3/b19-17-,20-18-. The third-order valence-corrected chi connectivity index (χ3v) is 7.60. The lowest BCUT2D eigenvalue weighted by atomic mass is 10.0. The SMILES string of the molecule is CCCCCCCC/C=C\CCCCCCCC(O)CCCCCCC/C=C\CCCCCCCC. The molecule has 0 aliphatic heterocycles. The van der Waals surface area contributed by atoms with Crippen molar-refractivity contribution in [3.63, 3.8) is 0 Å². The molecule has 0 radical (unpaired) electrons. The van der Waals surface area contributed by atoms with E-state index in [1.165, 1.54) is 167 Å². The fraction of sp³-hybridized carbons (Fsp3) is 0.886. The predicted molar refractivity (Wildman–Crippen MR) is 165 cm³/mol. The summed E-state index contributed by atoms with van der Waals surface area (Å²) in [6.07, 6.45) is 46.5. The van der Waals surface area contributed by atoms with Crippen molar-refractivity contribution >= 4 is 0 Å². The summed E-state index contributed by atoms with van der Waals surface area (Å²) in [6, 6.07) is 0. The summed E-state index contributed by atoms with van der Waals surface area (Å²) in [5, 5.41) is 10.2. The Balaban J connectivity index is 3.23. The number of aliphatic hydroxyl groups excluding tert-OH is 1. The summed E-state index contributed by atoms with van der Waals surface area (Å²) in [5.74, 6) is 0. The molecule has 1 nitrogen and oxygen atoms in total. The molecule has 0 unspecified atom stereocenters. The molecule has 0 aromatic carbocycles. The van der Waals surface area contributed by atoms with Gasteiger partial charge in [-0.25, -0.2) is 0 Å². The molecule has 0 aliphatic carbocycles. The van der Waals surface area contributed by atoms with Gasteiger partial charge in [0.1, 0.15) is 0 Å². The lowest BCUT2D eigenvalue weighted by Gasteiger charge is -2.10. The van der Waals surface area contributed by atoms with Crippen LogP contribution in [0.5, 0.6) is 0 Å². The van der Waals surface area contributed by atoms with Crippen LogP contribution in [0.15, 0.2) is 24.3 Å². The molecule has 0 rings (SSSR count). The third kappa shape index (κ3) is 31.5. The van der Waals surface area contributed by atoms with Crippen LogP contribution in [0.3, 0.4) is 0 Å². The Morgan fingerprint density at radius 3 is 0.917 bits per heavy atom. The smallest absolute Gasteiger partial charge is 0.0540 e. The van der Waals surface area contributed by atoms with Crippen molar-refractivity contribution in [2.24, 2.45) is 0 Å². The normalized spacial score (nSPS) is 12.1. The molecule has 0 saturated heterocycles. The van der Waals surface area contributed by atoms with Crippen LogP contribution in [0.2, 0.25) is 0 Å². The van der Waals surface area contributed by atoms with Crippen molar-refractivity contribution in [3.05, 3.63) is 24.3 Å². The van der Waals surface area contributed by atoms with Gasteiger partial charge in [-0.3, -0.25) is 0 Å². The molecule has 0 atom stereocenters. The lowest BCUT2D eigenvalue weighted by Crippen LogP contribution is -2.05. The highest BCUT2D eigenvalue weighted by molar-refractivity contribution is 4.82. The molecule has 0 bridgehead atoms. The number of hydrogen-bond donors (Lipinski definition) is 1. The Labute approximate surface area is 229 Å². The van der Waals surface area contributed by atoms with Crippen LogP contribution < -0.4 is 0 Å². The summed E-state index contributed by atoms with van der Waals surface area (Å²) in [4.78, 5) is 0. The minimum absolute atomic E-state index is 0.0557. The van der Waals surface area contributed by atoms with Gasteiger partial charge in [-0.15, -0.1) is 0 Å². The fourth-order valence-electron chi connectivity index (χ4n) is 5.05. The monoisotopic (exact) mass is 505 g/mol. The van der Waals surface area contributed by atoms with Gasteiger partial charge in [-0.05, 0) is 64.2 Å². The summed E-state index contributed by atoms with van der Waals surface area (Å²) in [6.45, 7) is 4.57. The zero-order chi connectivity index (χ0) is 26.2. The number of rotatable bonds is 30. The maximum atomic E-state index is 10.2. The molecule has 0 spiro atoms. The highest BCUT2D eigenvalue weighted by Crippen LogP contribution is 2.15. The van der Waals surface area contributed by atoms with Gasteiger partial charge in [-0.2, -0.15) is 0 Å². The van der Waals surface area contributed by atoms with E-state index in [0.29, 0.717) is 0 Å². The first-order chi connectivity index (χ1) is 17.8. The quantitative estimate of drug-likeness (QED) is 0.0761. The molecular formula is C35H68O. The minimum atomic E-state index is -0.0557. The predicted octanol–water partition coefficient (Wildman–Crippen LogP) is 12.4. The maximum Gasteiger partial charge on any atom is 0.0540 e. The zero-order valence-corrected chi connectivity index (χ0v) is 25.1. The van der Waals surface area contributed by atoms with Crippen molar-refractivity contribution in [2.45, 2.75) is 200 Å². The average molecular weight is 505 g/mol. The zero-order valence-electron chi connectivity index (χ0n) is 25.1. The Morgan fingerprint density at radius 1 is 0.361 bits per heavy atom. The molecule has 0 aromatic heterocycles. The summed E-state index contributed by atoms with van der Waals surface area (Å²) >= 11 is 0. The fourth-order valence-corrected chi connectivity index (χ4v) is 5.05. The molecule has 1 N–H and O–H groups in total. The second-order valence-electron chi connectivity index (χ2n) is 11.4. The number of unbranched alkanes of at least 4 members (excludes halogenated alkanes) is 22. The first-order valence-electron chi connectivity index (χ1n) is 16.8. The van der Waals surface area contributed by atoms with Crippen molar-refractivity contribution in [1.29, 1.82) is 0 Å². The topological polar surface area (TPSA) is 20.2 Å². The number of allylic oxidation sites excluding steroid dienone is 4. The second-order valence-corrected chi connectivity index (χ2v) is 11.4. The van der Waals surface area contributed by atoms with Gasteiger partial charge in [-0.1, -0.05) is 154 Å². The first-order valence-corrected chi connectivity index (χ1v) is 16.8. The highest BCUT2D eigenvalue weighted by atomic mass is 16.3. The first kappa shape index (κ1) is 35.4. The maximum absolute atomic E-state index is 10.2. The van der Waals surface area contributed by atoms with Gasteiger partial charge in [0.05, 0.1) is 6.10 Å². The second kappa shape index (κ2) is 32.5. The van der Waals surface area contributed by atoms with E-state index in [9.17, 15) is 5.11 Å². The van der Waals surface area contributed by atoms with Crippen molar-refractivity contribution in [1.82, 2.24) is 0 Å². The summed E-state index contributed by atoms with van der Waals surface area (Å²) in [5.41, 5.74) is 0. The Morgan fingerprint density at radius 2 is 0.611 bits per heavy atom. The van der Waals surface area contributed by atoms with Crippen molar-refractivity contribution in [2.75, 3.05) is 0 Å². The van der Waals surface area contributed by atoms with Crippen LogP contribution in [0, 0.1) is 0 Å². The van der Waals surface area contributed by atoms with Gasteiger partial charge in [0, 0.05) is 0 Å². The van der Waals surface area contributed by atoms with Crippen molar-refractivity contribution < 1.29 is 5.11 Å². The van der Waals surface area contributed by atoms with Crippen LogP contribution in [0.4, 0.5) is 0 Å². The Hall–Kier alpha value is -0.560. The number of aliphatic hydroxyl groups is 1. The van der Waals surface area contributed by atoms with E-state index in [-0.39, 0.29) is 6.10 Å². The van der Waals surface area contributed by atoms with Gasteiger partial charge < -0.3 is 5.11 Å². The Bertz CT molecular complexity index is 398. The largest absolute Gasteiger partial charge is 0.393 e. The van der Waals surface area contributed by atoms with Crippen LogP contribution in [0.1, 0.15) is 194 Å². The van der Waals surface area contributed by atoms with Crippen LogP contribution >= 0.6 is 0 Å². The van der Waals surface area contributed by atoms with E-state index in [2.05, 4.69) is 38.2 Å². The molecule has 0 aliphatic rings. The van der Waals surface area contributed by atoms with Gasteiger partial charge >= 0.3 is 0 Å².